The molecule has 3 aromatic rings. The van der Waals surface area contributed by atoms with Crippen LogP contribution in [0.25, 0.3) is 11.0 Å². The molecule has 4 rings (SSSR count). The van der Waals surface area contributed by atoms with Gasteiger partial charge in [-0.1, -0.05) is 12.1 Å². The zero-order valence-corrected chi connectivity index (χ0v) is 15.8. The van der Waals surface area contributed by atoms with Crippen LogP contribution < -0.4 is 10.6 Å². The van der Waals surface area contributed by atoms with Gasteiger partial charge < -0.3 is 15.6 Å². The molecular formula is C20H22F2N6O. The first-order valence-corrected chi connectivity index (χ1v) is 9.46. The second kappa shape index (κ2) is 8.52. The van der Waals surface area contributed by atoms with Crippen molar-refractivity contribution < 1.29 is 13.5 Å². The van der Waals surface area contributed by atoms with E-state index in [1.165, 1.54) is 6.33 Å². The summed E-state index contributed by atoms with van der Waals surface area (Å²) in [4.78, 5) is 14.1. The highest BCUT2D eigenvalue weighted by atomic mass is 19.3. The second-order valence-electron chi connectivity index (χ2n) is 7.05. The summed E-state index contributed by atoms with van der Waals surface area (Å²) in [6, 6.07) is 8.72. The van der Waals surface area contributed by atoms with E-state index in [0.29, 0.717) is 0 Å². The number of alkyl halides is 2. The topological polar surface area (TPSA) is 92.4 Å². The van der Waals surface area contributed by atoms with Gasteiger partial charge >= 0.3 is 6.61 Å². The highest BCUT2D eigenvalue weighted by Crippen LogP contribution is 2.26. The van der Waals surface area contributed by atoms with Crippen LogP contribution in [0.2, 0.25) is 0 Å². The van der Waals surface area contributed by atoms with Crippen LogP contribution in [0, 0.1) is 5.92 Å². The third-order valence-electron chi connectivity index (χ3n) is 5.26. The summed E-state index contributed by atoms with van der Waals surface area (Å²) in [6.07, 6.45) is 5.18. The van der Waals surface area contributed by atoms with E-state index >= 15 is 0 Å². The summed E-state index contributed by atoms with van der Waals surface area (Å²) in [5, 5.41) is 4.99. The van der Waals surface area contributed by atoms with Crippen molar-refractivity contribution in [1.29, 1.82) is 0 Å². The van der Waals surface area contributed by atoms with E-state index in [9.17, 15) is 8.78 Å². The zero-order chi connectivity index (χ0) is 20.2. The van der Waals surface area contributed by atoms with Crippen molar-refractivity contribution in [3.8, 4) is 5.75 Å². The van der Waals surface area contributed by atoms with Gasteiger partial charge in [-0.15, -0.1) is 0 Å². The van der Waals surface area contributed by atoms with E-state index in [0.717, 1.165) is 60.5 Å². The smallest absolute Gasteiger partial charge is 0.387 e. The molecule has 0 radical (unpaired) electrons. The number of nitrogens with one attached hydrogen (secondary N) is 1. The number of hydrogen-bond donors (Lipinski definition) is 2. The van der Waals surface area contributed by atoms with Crippen LogP contribution in [0.3, 0.4) is 0 Å². The summed E-state index contributed by atoms with van der Waals surface area (Å²) < 4.78 is 28.9. The van der Waals surface area contributed by atoms with Crippen LogP contribution in [-0.2, 0) is 6.54 Å². The second-order valence-corrected chi connectivity index (χ2v) is 7.05. The largest absolute Gasteiger partial charge is 0.435 e. The Hall–Kier alpha value is -3.07. The molecule has 9 heteroatoms. The lowest BCUT2D eigenvalue weighted by Gasteiger charge is -2.32. The van der Waals surface area contributed by atoms with Crippen molar-refractivity contribution in [2.45, 2.75) is 26.0 Å². The van der Waals surface area contributed by atoms with Crippen LogP contribution in [0.15, 0.2) is 48.0 Å². The molecule has 2 aromatic heterocycles. The van der Waals surface area contributed by atoms with Gasteiger partial charge in [0.15, 0.2) is 0 Å². The Balaban J connectivity index is 1.38. The fourth-order valence-corrected chi connectivity index (χ4v) is 3.84. The lowest BCUT2D eigenvalue weighted by atomic mass is 9.89. The van der Waals surface area contributed by atoms with E-state index in [-0.39, 0.29) is 11.7 Å². The molecule has 3 heterocycles. The van der Waals surface area contributed by atoms with E-state index in [1.807, 2.05) is 24.4 Å². The summed E-state index contributed by atoms with van der Waals surface area (Å²) in [5.41, 5.74) is 3.42. The number of likely N-dealkylation sites (tertiary alicyclic amines) is 1. The number of aromatic amines is 1. The molecule has 0 unspecified atom stereocenters. The minimum absolute atomic E-state index is 0.173. The first-order valence-electron chi connectivity index (χ1n) is 9.46. The molecule has 0 amide bonds. The number of nitrogens with two attached hydrogens (primary N) is 1. The number of halogens is 2. The van der Waals surface area contributed by atoms with Crippen molar-refractivity contribution in [1.82, 2.24) is 19.9 Å². The Morgan fingerprint density at radius 2 is 1.97 bits per heavy atom. The number of aromatic nitrogens is 3. The van der Waals surface area contributed by atoms with Gasteiger partial charge in [0.2, 0.25) is 0 Å². The lowest BCUT2D eigenvalue weighted by molar-refractivity contribution is -0.0498. The molecule has 0 spiro atoms. The zero-order valence-electron chi connectivity index (χ0n) is 15.8. The van der Waals surface area contributed by atoms with Gasteiger partial charge in [-0.25, -0.2) is 9.97 Å². The van der Waals surface area contributed by atoms with Crippen molar-refractivity contribution in [3.63, 3.8) is 0 Å². The van der Waals surface area contributed by atoms with E-state index in [1.54, 1.807) is 12.1 Å². The standard InChI is InChI=1S/C20H22F2N6O/c21-20(22)29-15-3-1-13(2-4-15)11-28-9-6-14(7-10-28)17(27-23)18-16-5-8-24-19(16)26-12-25-18/h1-5,8,12,14,20H,6-7,9-11,23H2,(H,24,25,26). The van der Waals surface area contributed by atoms with Gasteiger partial charge in [-0.05, 0) is 49.7 Å². The number of piperidine rings is 1. The van der Waals surface area contributed by atoms with Crippen molar-refractivity contribution in [3.05, 3.63) is 54.1 Å². The normalized spacial score (nSPS) is 16.6. The summed E-state index contributed by atoms with van der Waals surface area (Å²) >= 11 is 0. The van der Waals surface area contributed by atoms with Crippen LogP contribution in [0.4, 0.5) is 8.78 Å². The minimum atomic E-state index is -2.80. The number of hydrogen-bond acceptors (Lipinski definition) is 6. The Kier molecular flexibility index (Phi) is 5.66. The average Bonchev–Trinajstić information content (AvgIpc) is 3.20. The van der Waals surface area contributed by atoms with E-state index < -0.39 is 6.61 Å². The van der Waals surface area contributed by atoms with E-state index in [4.69, 9.17) is 5.84 Å². The number of H-pyrrole nitrogens is 1. The molecule has 152 valence electrons. The third kappa shape index (κ3) is 4.34. The maximum absolute atomic E-state index is 12.3. The first kappa shape index (κ1) is 19.3. The minimum Gasteiger partial charge on any atom is -0.435 e. The predicted molar refractivity (Wildman–Crippen MR) is 106 cm³/mol. The molecule has 3 N–H and O–H groups in total. The molecule has 1 aromatic carbocycles. The Morgan fingerprint density at radius 1 is 1.21 bits per heavy atom. The van der Waals surface area contributed by atoms with Crippen LogP contribution in [-0.4, -0.2) is 45.3 Å². The number of rotatable bonds is 6. The Labute approximate surface area is 166 Å². The molecule has 29 heavy (non-hydrogen) atoms. The fourth-order valence-electron chi connectivity index (χ4n) is 3.84. The first-order chi connectivity index (χ1) is 14.1. The number of nitrogens with zero attached hydrogens (tertiary/aromatic N) is 4. The van der Waals surface area contributed by atoms with Crippen molar-refractivity contribution in [2.75, 3.05) is 13.1 Å². The predicted octanol–water partition coefficient (Wildman–Crippen LogP) is 3.13. The maximum Gasteiger partial charge on any atom is 0.387 e. The molecular weight excluding hydrogens is 378 g/mol. The van der Waals surface area contributed by atoms with Gasteiger partial charge in [0, 0.05) is 24.0 Å². The summed E-state index contributed by atoms with van der Waals surface area (Å²) in [6.45, 7) is -0.270. The summed E-state index contributed by atoms with van der Waals surface area (Å²) in [5.74, 6) is 6.14. The maximum atomic E-state index is 12.3. The number of fused-ring (bicyclic) bond motifs is 1. The molecule has 1 aliphatic rings. The fraction of sp³-hybridized carbons (Fsp3) is 0.350. The van der Waals surface area contributed by atoms with Gasteiger partial charge in [-0.2, -0.15) is 13.9 Å². The molecule has 0 atom stereocenters. The van der Waals surface area contributed by atoms with Gasteiger partial charge in [0.1, 0.15) is 17.7 Å². The lowest BCUT2D eigenvalue weighted by Crippen LogP contribution is -2.36. The van der Waals surface area contributed by atoms with Crippen LogP contribution in [0.5, 0.6) is 5.75 Å². The molecule has 0 saturated carbocycles. The highest BCUT2D eigenvalue weighted by Gasteiger charge is 2.26. The van der Waals surface area contributed by atoms with Crippen LogP contribution >= 0.6 is 0 Å². The molecule has 0 aliphatic carbocycles. The van der Waals surface area contributed by atoms with Crippen molar-refractivity contribution >= 4 is 16.7 Å². The Morgan fingerprint density at radius 3 is 2.66 bits per heavy atom. The van der Waals surface area contributed by atoms with Gasteiger partial charge in [-0.3, -0.25) is 4.90 Å². The number of benzene rings is 1. The average molecular weight is 400 g/mol. The van der Waals surface area contributed by atoms with Gasteiger partial charge in [0.05, 0.1) is 11.4 Å². The molecule has 1 aliphatic heterocycles. The van der Waals surface area contributed by atoms with Gasteiger partial charge in [0.25, 0.3) is 0 Å². The van der Waals surface area contributed by atoms with E-state index in [2.05, 4.69) is 29.7 Å². The summed E-state index contributed by atoms with van der Waals surface area (Å²) in [7, 11) is 0. The monoisotopic (exact) mass is 400 g/mol. The third-order valence-corrected chi connectivity index (χ3v) is 5.26. The SMILES string of the molecule is NN=C(c1ncnc2[nH]ccc12)C1CCN(Cc2ccc(OC(F)F)cc2)CC1. The molecule has 7 nitrogen and oxygen atoms in total. The molecule has 1 saturated heterocycles. The number of ether oxygens (including phenoxy) is 1. The molecule has 1 fully saturated rings. The highest BCUT2D eigenvalue weighted by molar-refractivity contribution is 6.09. The quantitative estimate of drug-likeness (QED) is 0.377. The van der Waals surface area contributed by atoms with Crippen LogP contribution in [0.1, 0.15) is 24.1 Å². The molecule has 0 bridgehead atoms. The number of hydrazone groups is 1. The van der Waals surface area contributed by atoms with Crippen molar-refractivity contribution in [2.24, 2.45) is 16.9 Å². The Bertz CT molecular complexity index is 980.